The fraction of sp³-hybridized carbons (Fsp3) is 0.350. The lowest BCUT2D eigenvalue weighted by Gasteiger charge is -2.32. The molecule has 2 aromatic carbocycles. The van der Waals surface area contributed by atoms with Crippen molar-refractivity contribution in [2.24, 2.45) is 5.92 Å². The molecule has 138 valence electrons. The summed E-state index contributed by atoms with van der Waals surface area (Å²) >= 11 is 0. The van der Waals surface area contributed by atoms with Gasteiger partial charge in [-0.1, -0.05) is 48.5 Å². The van der Waals surface area contributed by atoms with Gasteiger partial charge in [-0.2, -0.15) is 0 Å². The zero-order chi connectivity index (χ0) is 18.4. The predicted octanol–water partition coefficient (Wildman–Crippen LogP) is 3.08. The average Bonchev–Trinajstić information content (AvgIpc) is 2.67. The highest BCUT2D eigenvalue weighted by molar-refractivity contribution is 7.91. The van der Waals surface area contributed by atoms with Crippen LogP contribution in [0.4, 0.5) is 4.79 Å². The second kappa shape index (κ2) is 8.36. The standard InChI is InChI=1S/C20H24N2O3S/c23-20(21-14-17-8-3-1-4-9-17)22-13-7-10-18(15-22)16-26(24,25)19-11-5-2-6-12-19/h1-6,8-9,11-12,18H,7,10,13-16H2,(H,21,23). The molecule has 1 unspecified atom stereocenters. The first-order valence-electron chi connectivity index (χ1n) is 8.89. The third-order valence-electron chi connectivity index (χ3n) is 4.65. The SMILES string of the molecule is O=C(NCc1ccccc1)N1CCCC(CS(=O)(=O)c2ccccc2)C1. The molecule has 6 heteroatoms. The molecule has 5 nitrogen and oxygen atoms in total. The van der Waals surface area contributed by atoms with Gasteiger partial charge in [0.05, 0.1) is 10.6 Å². The summed E-state index contributed by atoms with van der Waals surface area (Å²) in [6.07, 6.45) is 1.66. The molecule has 0 saturated carbocycles. The van der Waals surface area contributed by atoms with Crippen molar-refractivity contribution < 1.29 is 13.2 Å². The van der Waals surface area contributed by atoms with E-state index >= 15 is 0 Å². The van der Waals surface area contributed by atoms with Crippen molar-refractivity contribution in [2.75, 3.05) is 18.8 Å². The highest BCUT2D eigenvalue weighted by Crippen LogP contribution is 2.22. The summed E-state index contributed by atoms with van der Waals surface area (Å²) in [7, 11) is -3.32. The molecule has 0 radical (unpaired) electrons. The summed E-state index contributed by atoms with van der Waals surface area (Å²) in [5.41, 5.74) is 1.04. The van der Waals surface area contributed by atoms with Crippen LogP contribution in [0.5, 0.6) is 0 Å². The molecule has 1 fully saturated rings. The van der Waals surface area contributed by atoms with Gasteiger partial charge < -0.3 is 10.2 Å². The maximum atomic E-state index is 12.6. The highest BCUT2D eigenvalue weighted by Gasteiger charge is 2.28. The molecular formula is C20H24N2O3S. The van der Waals surface area contributed by atoms with Gasteiger partial charge in [-0.25, -0.2) is 13.2 Å². The number of hydrogen-bond acceptors (Lipinski definition) is 3. The monoisotopic (exact) mass is 372 g/mol. The van der Waals surface area contributed by atoms with E-state index in [-0.39, 0.29) is 17.7 Å². The molecule has 0 bridgehead atoms. The Morgan fingerprint density at radius 3 is 2.38 bits per heavy atom. The number of rotatable bonds is 5. The van der Waals surface area contributed by atoms with E-state index < -0.39 is 9.84 Å². The number of amides is 2. The van der Waals surface area contributed by atoms with Gasteiger partial charge in [0, 0.05) is 19.6 Å². The summed E-state index contributed by atoms with van der Waals surface area (Å²) in [6, 6.07) is 18.1. The van der Waals surface area contributed by atoms with Gasteiger partial charge >= 0.3 is 6.03 Å². The normalized spacial score (nSPS) is 17.7. The van der Waals surface area contributed by atoms with E-state index in [1.165, 1.54) is 0 Å². The van der Waals surface area contributed by atoms with E-state index in [2.05, 4.69) is 5.32 Å². The highest BCUT2D eigenvalue weighted by atomic mass is 32.2. The first kappa shape index (κ1) is 18.5. The molecule has 0 spiro atoms. The minimum atomic E-state index is -3.32. The Morgan fingerprint density at radius 2 is 1.69 bits per heavy atom. The van der Waals surface area contributed by atoms with Gasteiger partial charge in [0.15, 0.2) is 9.84 Å². The van der Waals surface area contributed by atoms with Crippen molar-refractivity contribution in [2.45, 2.75) is 24.3 Å². The summed E-state index contributed by atoms with van der Waals surface area (Å²) in [6.45, 7) is 1.62. The lowest BCUT2D eigenvalue weighted by atomic mass is 10.0. The second-order valence-corrected chi connectivity index (χ2v) is 8.73. The third kappa shape index (κ3) is 4.85. The van der Waals surface area contributed by atoms with Crippen LogP contribution in [0, 0.1) is 5.92 Å². The molecule has 2 aromatic rings. The smallest absolute Gasteiger partial charge is 0.317 e. The molecule has 1 saturated heterocycles. The molecule has 1 aliphatic heterocycles. The van der Waals surface area contributed by atoms with E-state index in [9.17, 15) is 13.2 Å². The quantitative estimate of drug-likeness (QED) is 0.877. The Balaban J connectivity index is 1.56. The number of nitrogens with one attached hydrogen (secondary N) is 1. The van der Waals surface area contributed by atoms with Gasteiger partial charge in [0.25, 0.3) is 0 Å². The van der Waals surface area contributed by atoms with Crippen LogP contribution in [0.2, 0.25) is 0 Å². The summed E-state index contributed by atoms with van der Waals surface area (Å²) in [4.78, 5) is 14.5. The molecule has 26 heavy (non-hydrogen) atoms. The Bertz CT molecular complexity index is 823. The predicted molar refractivity (Wildman–Crippen MR) is 101 cm³/mol. The third-order valence-corrected chi connectivity index (χ3v) is 6.55. The van der Waals surface area contributed by atoms with Crippen LogP contribution < -0.4 is 5.32 Å². The van der Waals surface area contributed by atoms with Crippen molar-refractivity contribution in [3.63, 3.8) is 0 Å². The molecule has 0 aliphatic carbocycles. The van der Waals surface area contributed by atoms with Crippen molar-refractivity contribution in [1.29, 1.82) is 0 Å². The average molecular weight is 372 g/mol. The number of sulfone groups is 1. The fourth-order valence-corrected chi connectivity index (χ4v) is 4.96. The van der Waals surface area contributed by atoms with Crippen LogP contribution in [0.25, 0.3) is 0 Å². The Labute approximate surface area is 154 Å². The van der Waals surface area contributed by atoms with Crippen LogP contribution in [0.1, 0.15) is 18.4 Å². The van der Waals surface area contributed by atoms with Gasteiger partial charge in [0.2, 0.25) is 0 Å². The molecule has 1 atom stereocenters. The maximum absolute atomic E-state index is 12.6. The van der Waals surface area contributed by atoms with Crippen LogP contribution in [-0.2, 0) is 16.4 Å². The first-order chi connectivity index (χ1) is 12.5. The van der Waals surface area contributed by atoms with Crippen LogP contribution in [0.15, 0.2) is 65.6 Å². The number of nitrogens with zero attached hydrogens (tertiary/aromatic N) is 1. The van der Waals surface area contributed by atoms with Gasteiger partial charge in [-0.05, 0) is 36.5 Å². The van der Waals surface area contributed by atoms with E-state index in [4.69, 9.17) is 0 Å². The summed E-state index contributed by atoms with van der Waals surface area (Å²) in [5, 5.41) is 2.92. The Kier molecular flexibility index (Phi) is 5.93. The number of urea groups is 1. The van der Waals surface area contributed by atoms with Crippen LogP contribution >= 0.6 is 0 Å². The summed E-state index contributed by atoms with van der Waals surface area (Å²) < 4.78 is 25.1. The van der Waals surface area contributed by atoms with Crippen LogP contribution in [0.3, 0.4) is 0 Å². The lowest BCUT2D eigenvalue weighted by Crippen LogP contribution is -2.46. The molecular weight excluding hydrogens is 348 g/mol. The van der Waals surface area contributed by atoms with E-state index in [0.29, 0.717) is 24.5 Å². The molecule has 0 aromatic heterocycles. The number of benzene rings is 2. The minimum absolute atomic E-state index is 0.0311. The fourth-order valence-electron chi connectivity index (χ4n) is 3.31. The lowest BCUT2D eigenvalue weighted by molar-refractivity contribution is 0.170. The van der Waals surface area contributed by atoms with E-state index in [1.807, 2.05) is 30.3 Å². The summed E-state index contributed by atoms with van der Waals surface area (Å²) in [5.74, 6) is 0.0517. The molecule has 3 rings (SSSR count). The molecule has 1 N–H and O–H groups in total. The van der Waals surface area contributed by atoms with Gasteiger partial charge in [-0.15, -0.1) is 0 Å². The zero-order valence-electron chi connectivity index (χ0n) is 14.7. The number of carbonyl (C=O) groups is 1. The molecule has 1 heterocycles. The number of likely N-dealkylation sites (tertiary alicyclic amines) is 1. The van der Waals surface area contributed by atoms with E-state index in [0.717, 1.165) is 18.4 Å². The molecule has 2 amide bonds. The van der Waals surface area contributed by atoms with Crippen molar-refractivity contribution in [3.8, 4) is 0 Å². The number of hydrogen-bond donors (Lipinski definition) is 1. The van der Waals surface area contributed by atoms with Crippen molar-refractivity contribution in [1.82, 2.24) is 10.2 Å². The van der Waals surface area contributed by atoms with Crippen LogP contribution in [-0.4, -0.2) is 38.2 Å². The number of carbonyl (C=O) groups excluding carboxylic acids is 1. The first-order valence-corrected chi connectivity index (χ1v) is 10.5. The molecule has 1 aliphatic rings. The zero-order valence-corrected chi connectivity index (χ0v) is 15.5. The van der Waals surface area contributed by atoms with Gasteiger partial charge in [0.1, 0.15) is 0 Å². The van der Waals surface area contributed by atoms with Crippen molar-refractivity contribution >= 4 is 15.9 Å². The second-order valence-electron chi connectivity index (χ2n) is 6.69. The van der Waals surface area contributed by atoms with Crippen molar-refractivity contribution in [3.05, 3.63) is 66.2 Å². The van der Waals surface area contributed by atoms with E-state index in [1.54, 1.807) is 35.2 Å². The number of piperidine rings is 1. The maximum Gasteiger partial charge on any atom is 0.317 e. The largest absolute Gasteiger partial charge is 0.334 e. The minimum Gasteiger partial charge on any atom is -0.334 e. The van der Waals surface area contributed by atoms with Gasteiger partial charge in [-0.3, -0.25) is 0 Å². The Hall–Kier alpha value is -2.34. The topological polar surface area (TPSA) is 66.5 Å². The Morgan fingerprint density at radius 1 is 1.04 bits per heavy atom.